The molecule has 0 bridgehead atoms. The summed E-state index contributed by atoms with van der Waals surface area (Å²) in [5.41, 5.74) is 5.15. The van der Waals surface area contributed by atoms with E-state index in [-0.39, 0.29) is 17.9 Å². The summed E-state index contributed by atoms with van der Waals surface area (Å²) < 4.78 is 0. The fourth-order valence-electron chi connectivity index (χ4n) is 1.84. The van der Waals surface area contributed by atoms with Crippen LogP contribution in [-0.4, -0.2) is 11.9 Å². The second kappa shape index (κ2) is 3.57. The minimum Gasteiger partial charge on any atom is -0.282 e. The molecule has 0 aliphatic carbocycles. The van der Waals surface area contributed by atoms with E-state index in [0.29, 0.717) is 0 Å². The van der Waals surface area contributed by atoms with Crippen molar-refractivity contribution in [2.45, 2.75) is 26.8 Å². The predicted molar refractivity (Wildman–Crippen MR) is 60.4 cm³/mol. The highest BCUT2D eigenvalue weighted by Crippen LogP contribution is 2.24. The van der Waals surface area contributed by atoms with Gasteiger partial charge in [0.05, 0.1) is 17.6 Å². The van der Waals surface area contributed by atoms with Crippen LogP contribution >= 0.6 is 0 Å². The van der Waals surface area contributed by atoms with Crippen molar-refractivity contribution in [1.29, 1.82) is 0 Å². The highest BCUT2D eigenvalue weighted by Gasteiger charge is 2.34. The van der Waals surface area contributed by atoms with Gasteiger partial charge in [0.15, 0.2) is 0 Å². The Kier molecular flexibility index (Phi) is 2.39. The number of rotatable bonds is 1. The maximum Gasteiger partial charge on any atom is 0.243 e. The molecule has 0 saturated carbocycles. The molecule has 1 aliphatic rings. The molecule has 15 heavy (non-hydrogen) atoms. The van der Waals surface area contributed by atoms with Crippen molar-refractivity contribution in [3.63, 3.8) is 0 Å². The monoisotopic (exact) mass is 204 g/mol. The van der Waals surface area contributed by atoms with E-state index in [1.54, 1.807) is 0 Å². The van der Waals surface area contributed by atoms with Gasteiger partial charge in [0.1, 0.15) is 0 Å². The molecule has 2 rings (SSSR count). The van der Waals surface area contributed by atoms with E-state index in [9.17, 15) is 4.79 Å². The third kappa shape index (κ3) is 1.69. The minimum atomic E-state index is 0.0468. The molecule has 2 unspecified atom stereocenters. The van der Waals surface area contributed by atoms with Crippen molar-refractivity contribution >= 4 is 11.6 Å². The van der Waals surface area contributed by atoms with E-state index in [1.807, 2.05) is 24.1 Å². The summed E-state index contributed by atoms with van der Waals surface area (Å²) in [6.07, 6.45) is 0. The van der Waals surface area contributed by atoms with Gasteiger partial charge in [0.2, 0.25) is 5.91 Å². The van der Waals surface area contributed by atoms with Gasteiger partial charge < -0.3 is 0 Å². The lowest BCUT2D eigenvalue weighted by Gasteiger charge is -2.23. The van der Waals surface area contributed by atoms with Crippen molar-refractivity contribution in [1.82, 2.24) is 5.43 Å². The molecule has 80 valence electrons. The SMILES string of the molecule is Cc1cccc(N2NC(=O)C(C)C2C)c1. The molecule has 0 spiro atoms. The Labute approximate surface area is 90.1 Å². The highest BCUT2D eigenvalue weighted by atomic mass is 16.2. The number of hydrogen-bond acceptors (Lipinski definition) is 2. The lowest BCUT2D eigenvalue weighted by molar-refractivity contribution is -0.122. The fourth-order valence-corrected chi connectivity index (χ4v) is 1.84. The first kappa shape index (κ1) is 10.0. The predicted octanol–water partition coefficient (Wildman–Crippen LogP) is 1.87. The maximum atomic E-state index is 11.5. The topological polar surface area (TPSA) is 32.3 Å². The first-order valence-corrected chi connectivity index (χ1v) is 5.26. The van der Waals surface area contributed by atoms with E-state index in [1.165, 1.54) is 5.56 Å². The Morgan fingerprint density at radius 1 is 1.33 bits per heavy atom. The average molecular weight is 204 g/mol. The standard InChI is InChI=1S/C12H16N2O/c1-8-5-4-6-11(7-8)14-10(3)9(2)12(15)13-14/h4-7,9-10H,1-3H3,(H,13,15). The van der Waals surface area contributed by atoms with Crippen LogP contribution in [0.4, 0.5) is 5.69 Å². The summed E-state index contributed by atoms with van der Waals surface area (Å²) in [5, 5.41) is 1.94. The van der Waals surface area contributed by atoms with Gasteiger partial charge in [-0.1, -0.05) is 19.1 Å². The molecule has 0 radical (unpaired) electrons. The number of carbonyl (C=O) groups is 1. The molecule has 1 heterocycles. The number of hydrazine groups is 1. The van der Waals surface area contributed by atoms with Gasteiger partial charge in [-0.2, -0.15) is 0 Å². The van der Waals surface area contributed by atoms with Crippen molar-refractivity contribution in [3.8, 4) is 0 Å². The molecule has 2 atom stereocenters. The summed E-state index contributed by atoms with van der Waals surface area (Å²) in [7, 11) is 0. The Balaban J connectivity index is 2.29. The Morgan fingerprint density at radius 3 is 2.60 bits per heavy atom. The zero-order chi connectivity index (χ0) is 11.0. The molecule has 1 aliphatic heterocycles. The molecule has 1 aromatic rings. The molecular formula is C12H16N2O. The van der Waals surface area contributed by atoms with Gasteiger partial charge in [-0.3, -0.25) is 15.2 Å². The van der Waals surface area contributed by atoms with E-state index in [2.05, 4.69) is 31.4 Å². The van der Waals surface area contributed by atoms with Crippen molar-refractivity contribution < 1.29 is 4.79 Å². The summed E-state index contributed by atoms with van der Waals surface area (Å²) in [4.78, 5) is 11.5. The van der Waals surface area contributed by atoms with Gasteiger partial charge in [-0.25, -0.2) is 0 Å². The van der Waals surface area contributed by atoms with Crippen molar-refractivity contribution in [2.75, 3.05) is 5.01 Å². The zero-order valence-corrected chi connectivity index (χ0v) is 9.32. The number of hydrogen-bond donors (Lipinski definition) is 1. The molecule has 0 aromatic heterocycles. The Morgan fingerprint density at radius 2 is 2.07 bits per heavy atom. The fraction of sp³-hybridized carbons (Fsp3) is 0.417. The molecule has 3 nitrogen and oxygen atoms in total. The second-order valence-electron chi connectivity index (χ2n) is 4.21. The largest absolute Gasteiger partial charge is 0.282 e. The van der Waals surface area contributed by atoms with Crippen LogP contribution in [0.3, 0.4) is 0 Å². The smallest absolute Gasteiger partial charge is 0.243 e. The summed E-state index contributed by atoms with van der Waals surface area (Å²) in [5.74, 6) is 0.148. The van der Waals surface area contributed by atoms with Crippen molar-refractivity contribution in [2.24, 2.45) is 5.92 Å². The number of carbonyl (C=O) groups excluding carboxylic acids is 1. The first-order valence-electron chi connectivity index (χ1n) is 5.26. The minimum absolute atomic E-state index is 0.0468. The molecule has 1 amide bonds. The van der Waals surface area contributed by atoms with Crippen LogP contribution in [0.15, 0.2) is 24.3 Å². The molecule has 1 aromatic carbocycles. The normalized spacial score (nSPS) is 25.5. The molecule has 3 heteroatoms. The number of benzene rings is 1. The van der Waals surface area contributed by atoms with Crippen LogP contribution in [-0.2, 0) is 4.79 Å². The van der Waals surface area contributed by atoms with Crippen LogP contribution in [0.1, 0.15) is 19.4 Å². The number of nitrogens with zero attached hydrogens (tertiary/aromatic N) is 1. The quantitative estimate of drug-likeness (QED) is 0.757. The van der Waals surface area contributed by atoms with Crippen LogP contribution in [0.25, 0.3) is 0 Å². The van der Waals surface area contributed by atoms with Gasteiger partial charge >= 0.3 is 0 Å². The molecule has 1 saturated heterocycles. The number of anilines is 1. The summed E-state index contributed by atoms with van der Waals surface area (Å²) in [6, 6.07) is 8.36. The van der Waals surface area contributed by atoms with Crippen LogP contribution in [0.2, 0.25) is 0 Å². The van der Waals surface area contributed by atoms with Gasteiger partial charge in [-0.05, 0) is 31.5 Å². The second-order valence-corrected chi connectivity index (χ2v) is 4.21. The third-order valence-corrected chi connectivity index (χ3v) is 3.05. The zero-order valence-electron chi connectivity index (χ0n) is 9.32. The Hall–Kier alpha value is -1.51. The number of nitrogens with one attached hydrogen (secondary N) is 1. The van der Waals surface area contributed by atoms with Gasteiger partial charge in [-0.15, -0.1) is 0 Å². The van der Waals surface area contributed by atoms with E-state index in [0.717, 1.165) is 5.69 Å². The van der Waals surface area contributed by atoms with Gasteiger partial charge in [0.25, 0.3) is 0 Å². The van der Waals surface area contributed by atoms with Gasteiger partial charge in [0, 0.05) is 0 Å². The lowest BCUT2D eigenvalue weighted by Crippen LogP contribution is -2.37. The summed E-state index contributed by atoms with van der Waals surface area (Å²) >= 11 is 0. The lowest BCUT2D eigenvalue weighted by atomic mass is 10.0. The van der Waals surface area contributed by atoms with E-state index in [4.69, 9.17) is 0 Å². The maximum absolute atomic E-state index is 11.5. The van der Waals surface area contributed by atoms with Crippen LogP contribution in [0.5, 0.6) is 0 Å². The Bertz CT molecular complexity index is 389. The molecule has 1 fully saturated rings. The third-order valence-electron chi connectivity index (χ3n) is 3.05. The number of amides is 1. The van der Waals surface area contributed by atoms with E-state index >= 15 is 0 Å². The average Bonchev–Trinajstić information content (AvgIpc) is 2.46. The summed E-state index contributed by atoms with van der Waals surface area (Å²) in [6.45, 7) is 6.07. The van der Waals surface area contributed by atoms with Crippen LogP contribution < -0.4 is 10.4 Å². The highest BCUT2D eigenvalue weighted by molar-refractivity contribution is 5.84. The first-order chi connectivity index (χ1) is 7.09. The molecular weight excluding hydrogens is 188 g/mol. The van der Waals surface area contributed by atoms with Crippen LogP contribution in [0, 0.1) is 12.8 Å². The van der Waals surface area contributed by atoms with E-state index < -0.39 is 0 Å². The number of aryl methyl sites for hydroxylation is 1. The molecule has 1 N–H and O–H groups in total. The van der Waals surface area contributed by atoms with Crippen molar-refractivity contribution in [3.05, 3.63) is 29.8 Å².